The third-order valence-corrected chi connectivity index (χ3v) is 3.45. The minimum absolute atomic E-state index is 0.139. The van der Waals surface area contributed by atoms with Gasteiger partial charge < -0.3 is 15.9 Å². The number of rotatable bonds is 3. The molecule has 2 rings (SSSR count). The predicted octanol–water partition coefficient (Wildman–Crippen LogP) is 3.23. The molecule has 0 amide bonds. The molecule has 0 aliphatic carbocycles. The summed E-state index contributed by atoms with van der Waals surface area (Å²) in [5.74, 6) is 0.329. The Morgan fingerprint density at radius 1 is 0.944 bits per heavy atom. The van der Waals surface area contributed by atoms with Gasteiger partial charge in [-0.3, -0.25) is 0 Å². The fourth-order valence-corrected chi connectivity index (χ4v) is 2.09. The lowest BCUT2D eigenvalue weighted by molar-refractivity contribution is 0.451. The molecular weight excluding hydrogens is 294 g/mol. The molecule has 0 unspecified atom stereocenters. The maximum Gasteiger partial charge on any atom is 0.130 e. The highest BCUT2D eigenvalue weighted by Gasteiger charge is 2.07. The molecule has 0 aromatic heterocycles. The van der Waals surface area contributed by atoms with Gasteiger partial charge in [0.1, 0.15) is 11.5 Å². The molecule has 4 heteroatoms. The highest BCUT2D eigenvalue weighted by Crippen LogP contribution is 2.31. The van der Waals surface area contributed by atoms with E-state index in [4.69, 9.17) is 5.73 Å². The molecule has 0 atom stereocenters. The highest BCUT2D eigenvalue weighted by molar-refractivity contribution is 9.10. The van der Waals surface area contributed by atoms with Crippen LogP contribution in [-0.2, 0) is 12.8 Å². The molecule has 94 valence electrons. The van der Waals surface area contributed by atoms with Crippen molar-refractivity contribution in [2.75, 3.05) is 5.73 Å². The van der Waals surface area contributed by atoms with Crippen molar-refractivity contribution in [2.24, 2.45) is 0 Å². The van der Waals surface area contributed by atoms with Crippen molar-refractivity contribution < 1.29 is 10.2 Å². The van der Waals surface area contributed by atoms with Crippen LogP contribution in [0.15, 0.2) is 40.9 Å². The molecule has 0 radical (unpaired) electrons. The van der Waals surface area contributed by atoms with Crippen molar-refractivity contribution >= 4 is 21.6 Å². The van der Waals surface area contributed by atoms with Crippen molar-refractivity contribution in [1.82, 2.24) is 0 Å². The zero-order valence-electron chi connectivity index (χ0n) is 9.73. The van der Waals surface area contributed by atoms with Crippen LogP contribution in [-0.4, -0.2) is 10.2 Å². The lowest BCUT2D eigenvalue weighted by atomic mass is 10.0. The van der Waals surface area contributed by atoms with Crippen LogP contribution in [0.3, 0.4) is 0 Å². The fraction of sp³-hybridized carbons (Fsp3) is 0.143. The van der Waals surface area contributed by atoms with Gasteiger partial charge >= 0.3 is 0 Å². The summed E-state index contributed by atoms with van der Waals surface area (Å²) in [6.45, 7) is 0. The lowest BCUT2D eigenvalue weighted by Gasteiger charge is -2.07. The number of aryl methyl sites for hydroxylation is 2. The summed E-state index contributed by atoms with van der Waals surface area (Å²) < 4.78 is 0.497. The van der Waals surface area contributed by atoms with Crippen molar-refractivity contribution in [3.63, 3.8) is 0 Å². The van der Waals surface area contributed by atoms with Gasteiger partial charge in [0, 0.05) is 5.69 Å². The largest absolute Gasteiger partial charge is 0.508 e. The molecule has 0 aliphatic heterocycles. The second kappa shape index (κ2) is 5.31. The van der Waals surface area contributed by atoms with E-state index < -0.39 is 0 Å². The van der Waals surface area contributed by atoms with Gasteiger partial charge in [-0.05, 0) is 64.2 Å². The quantitative estimate of drug-likeness (QED) is 0.602. The minimum atomic E-state index is 0.139. The summed E-state index contributed by atoms with van der Waals surface area (Å²) >= 11 is 3.16. The van der Waals surface area contributed by atoms with E-state index >= 15 is 0 Å². The number of anilines is 1. The number of nitrogens with two attached hydrogens (primary N) is 1. The second-order valence-corrected chi connectivity index (χ2v) is 5.03. The molecule has 0 aliphatic rings. The Hall–Kier alpha value is -1.68. The Balaban J connectivity index is 2.10. The standard InChI is InChI=1S/C14H14BrNO2/c15-12-8-13(17)10(7-14(12)18)4-1-9-2-5-11(16)6-3-9/h2-3,5-8,17-18H,1,4,16H2. The lowest BCUT2D eigenvalue weighted by Crippen LogP contribution is -1.93. The average molecular weight is 308 g/mol. The molecule has 0 saturated carbocycles. The first kappa shape index (κ1) is 12.8. The maximum atomic E-state index is 9.78. The summed E-state index contributed by atoms with van der Waals surface area (Å²) in [6, 6.07) is 10.7. The topological polar surface area (TPSA) is 66.5 Å². The minimum Gasteiger partial charge on any atom is -0.508 e. The van der Waals surface area contributed by atoms with Crippen LogP contribution in [0.1, 0.15) is 11.1 Å². The van der Waals surface area contributed by atoms with Gasteiger partial charge in [0.25, 0.3) is 0 Å². The van der Waals surface area contributed by atoms with Crippen molar-refractivity contribution in [3.8, 4) is 11.5 Å². The zero-order chi connectivity index (χ0) is 13.1. The van der Waals surface area contributed by atoms with E-state index in [9.17, 15) is 10.2 Å². The van der Waals surface area contributed by atoms with Crippen molar-refractivity contribution in [3.05, 3.63) is 52.0 Å². The number of hydrogen-bond acceptors (Lipinski definition) is 3. The van der Waals surface area contributed by atoms with Gasteiger partial charge in [0.15, 0.2) is 0 Å². The van der Waals surface area contributed by atoms with Crippen LogP contribution in [0, 0.1) is 0 Å². The Morgan fingerprint density at radius 2 is 1.61 bits per heavy atom. The Labute approximate surface area is 114 Å². The van der Waals surface area contributed by atoms with Crippen LogP contribution in [0.4, 0.5) is 5.69 Å². The highest BCUT2D eigenvalue weighted by atomic mass is 79.9. The van der Waals surface area contributed by atoms with Gasteiger partial charge in [-0.1, -0.05) is 12.1 Å². The smallest absolute Gasteiger partial charge is 0.130 e. The summed E-state index contributed by atoms with van der Waals surface area (Å²) in [5.41, 5.74) is 8.23. The Morgan fingerprint density at radius 3 is 2.28 bits per heavy atom. The molecule has 2 aromatic carbocycles. The molecule has 0 bridgehead atoms. The van der Waals surface area contributed by atoms with Gasteiger partial charge in [0.05, 0.1) is 4.47 Å². The first-order valence-corrected chi connectivity index (χ1v) is 6.40. The first-order valence-electron chi connectivity index (χ1n) is 5.61. The number of benzene rings is 2. The molecule has 3 nitrogen and oxygen atoms in total. The molecule has 0 saturated heterocycles. The fourth-order valence-electron chi connectivity index (χ4n) is 1.76. The van der Waals surface area contributed by atoms with Crippen molar-refractivity contribution in [1.29, 1.82) is 0 Å². The second-order valence-electron chi connectivity index (χ2n) is 4.17. The molecule has 4 N–H and O–H groups in total. The summed E-state index contributed by atoms with van der Waals surface area (Å²) in [6.07, 6.45) is 1.45. The third kappa shape index (κ3) is 2.96. The summed E-state index contributed by atoms with van der Waals surface area (Å²) in [4.78, 5) is 0. The third-order valence-electron chi connectivity index (χ3n) is 2.81. The average Bonchev–Trinajstić information content (AvgIpc) is 2.34. The van der Waals surface area contributed by atoms with Gasteiger partial charge in [-0.2, -0.15) is 0 Å². The van der Waals surface area contributed by atoms with Gasteiger partial charge in [-0.15, -0.1) is 0 Å². The van der Waals surface area contributed by atoms with Crippen LogP contribution in [0.5, 0.6) is 11.5 Å². The monoisotopic (exact) mass is 307 g/mol. The number of halogens is 1. The first-order chi connectivity index (χ1) is 8.56. The zero-order valence-corrected chi connectivity index (χ0v) is 11.3. The molecule has 18 heavy (non-hydrogen) atoms. The summed E-state index contributed by atoms with van der Waals surface area (Å²) in [7, 11) is 0. The Bertz CT molecular complexity index is 552. The predicted molar refractivity (Wildman–Crippen MR) is 75.7 cm³/mol. The molecule has 0 spiro atoms. The van der Waals surface area contributed by atoms with Crippen LogP contribution in [0.25, 0.3) is 0 Å². The van der Waals surface area contributed by atoms with Crippen LogP contribution >= 0.6 is 15.9 Å². The van der Waals surface area contributed by atoms with Crippen LogP contribution in [0.2, 0.25) is 0 Å². The van der Waals surface area contributed by atoms with E-state index in [1.54, 1.807) is 6.07 Å². The number of phenols is 2. The molecule has 0 fully saturated rings. The van der Waals surface area contributed by atoms with E-state index in [0.717, 1.165) is 23.2 Å². The normalized spacial score (nSPS) is 10.5. The van der Waals surface area contributed by atoms with E-state index in [1.165, 1.54) is 6.07 Å². The SMILES string of the molecule is Nc1ccc(CCc2cc(O)c(Br)cc2O)cc1. The van der Waals surface area contributed by atoms with E-state index in [-0.39, 0.29) is 11.5 Å². The Kier molecular flexibility index (Phi) is 3.77. The van der Waals surface area contributed by atoms with Crippen LogP contribution < -0.4 is 5.73 Å². The van der Waals surface area contributed by atoms with Crippen molar-refractivity contribution in [2.45, 2.75) is 12.8 Å². The van der Waals surface area contributed by atoms with E-state index in [2.05, 4.69) is 15.9 Å². The van der Waals surface area contributed by atoms with Gasteiger partial charge in [-0.25, -0.2) is 0 Å². The molecular formula is C14H14BrNO2. The van der Waals surface area contributed by atoms with Gasteiger partial charge in [0.2, 0.25) is 0 Å². The molecule has 2 aromatic rings. The number of aromatic hydroxyl groups is 2. The maximum absolute atomic E-state index is 9.78. The number of nitrogen functional groups attached to an aromatic ring is 1. The molecule has 0 heterocycles. The van der Waals surface area contributed by atoms with E-state index in [0.29, 0.717) is 10.9 Å². The number of hydrogen-bond donors (Lipinski definition) is 3. The summed E-state index contributed by atoms with van der Waals surface area (Å²) in [5, 5.41) is 19.4. The number of phenolic OH excluding ortho intramolecular Hbond substituents is 2. The van der Waals surface area contributed by atoms with E-state index in [1.807, 2.05) is 24.3 Å².